The molecule has 1 atom stereocenters. The lowest BCUT2D eigenvalue weighted by molar-refractivity contribution is -0.150. The van der Waals surface area contributed by atoms with E-state index in [9.17, 15) is 4.79 Å². The normalized spacial score (nSPS) is 15.3. The second-order valence-electron chi connectivity index (χ2n) is 2.94. The summed E-state index contributed by atoms with van der Waals surface area (Å²) in [5.74, 6) is -0.158. The van der Waals surface area contributed by atoms with Crippen LogP contribution in [0.15, 0.2) is 0 Å². The molecule has 3 heteroatoms. The number of carbonyl (C=O) groups is 1. The van der Waals surface area contributed by atoms with Crippen LogP contribution in [0.2, 0.25) is 0 Å². The Bertz CT molecular complexity index is 147. The van der Waals surface area contributed by atoms with E-state index in [1.165, 1.54) is 0 Å². The molecule has 0 aromatic rings. The van der Waals surface area contributed by atoms with E-state index in [1.54, 1.807) is 0 Å². The SMILES string of the molecule is CCNC(C)(CC)C(=O)OCC. The van der Waals surface area contributed by atoms with E-state index >= 15 is 0 Å². The Morgan fingerprint density at radius 2 is 2.00 bits per heavy atom. The predicted octanol–water partition coefficient (Wildman–Crippen LogP) is 1.33. The first kappa shape index (κ1) is 11.4. The molecule has 0 saturated carbocycles. The predicted molar refractivity (Wildman–Crippen MR) is 49.0 cm³/mol. The van der Waals surface area contributed by atoms with Crippen LogP contribution in [0, 0.1) is 0 Å². The van der Waals surface area contributed by atoms with Crippen molar-refractivity contribution >= 4 is 5.97 Å². The van der Waals surface area contributed by atoms with Crippen LogP contribution in [0.3, 0.4) is 0 Å². The van der Waals surface area contributed by atoms with Crippen molar-refractivity contribution in [1.82, 2.24) is 5.32 Å². The molecule has 0 rings (SSSR count). The average Bonchev–Trinajstić information content (AvgIpc) is 2.05. The summed E-state index contributed by atoms with van der Waals surface area (Å²) in [5, 5.41) is 3.12. The van der Waals surface area contributed by atoms with Crippen LogP contribution in [-0.2, 0) is 9.53 Å². The molecule has 0 radical (unpaired) electrons. The summed E-state index contributed by atoms with van der Waals surface area (Å²) in [5.41, 5.74) is -0.509. The van der Waals surface area contributed by atoms with Crippen molar-refractivity contribution in [2.24, 2.45) is 0 Å². The molecular weight excluding hydrogens is 154 g/mol. The molecule has 0 amide bonds. The van der Waals surface area contributed by atoms with Gasteiger partial charge in [0.25, 0.3) is 0 Å². The maximum absolute atomic E-state index is 11.4. The van der Waals surface area contributed by atoms with Gasteiger partial charge in [-0.1, -0.05) is 13.8 Å². The van der Waals surface area contributed by atoms with E-state index in [0.29, 0.717) is 6.61 Å². The summed E-state index contributed by atoms with van der Waals surface area (Å²) in [6.45, 7) is 8.87. The zero-order valence-electron chi connectivity index (χ0n) is 8.44. The second-order valence-corrected chi connectivity index (χ2v) is 2.94. The topological polar surface area (TPSA) is 38.3 Å². The first-order valence-corrected chi connectivity index (χ1v) is 4.53. The number of rotatable bonds is 5. The fraction of sp³-hybridized carbons (Fsp3) is 0.889. The minimum absolute atomic E-state index is 0.158. The van der Waals surface area contributed by atoms with Crippen LogP contribution in [0.1, 0.15) is 34.1 Å². The van der Waals surface area contributed by atoms with Gasteiger partial charge in [-0.2, -0.15) is 0 Å². The van der Waals surface area contributed by atoms with Gasteiger partial charge in [0.05, 0.1) is 6.61 Å². The zero-order chi connectivity index (χ0) is 9.61. The minimum Gasteiger partial charge on any atom is -0.465 e. The van der Waals surface area contributed by atoms with Crippen molar-refractivity contribution in [2.75, 3.05) is 13.2 Å². The molecule has 3 nitrogen and oxygen atoms in total. The second kappa shape index (κ2) is 5.14. The van der Waals surface area contributed by atoms with Crippen LogP contribution in [0.25, 0.3) is 0 Å². The molecule has 0 aromatic heterocycles. The highest BCUT2D eigenvalue weighted by atomic mass is 16.5. The Hall–Kier alpha value is -0.570. The van der Waals surface area contributed by atoms with Gasteiger partial charge in [-0.05, 0) is 26.8 Å². The molecule has 12 heavy (non-hydrogen) atoms. The molecule has 0 aliphatic heterocycles. The first-order chi connectivity index (χ1) is 5.60. The smallest absolute Gasteiger partial charge is 0.326 e. The Morgan fingerprint density at radius 1 is 1.42 bits per heavy atom. The van der Waals surface area contributed by atoms with Crippen molar-refractivity contribution in [3.8, 4) is 0 Å². The molecule has 0 aliphatic rings. The number of hydrogen-bond donors (Lipinski definition) is 1. The van der Waals surface area contributed by atoms with Crippen LogP contribution in [0.5, 0.6) is 0 Å². The van der Waals surface area contributed by atoms with Crippen molar-refractivity contribution in [1.29, 1.82) is 0 Å². The first-order valence-electron chi connectivity index (χ1n) is 4.53. The summed E-state index contributed by atoms with van der Waals surface area (Å²) in [6.07, 6.45) is 0.750. The molecule has 0 aromatic carbocycles. The molecule has 0 bridgehead atoms. The van der Waals surface area contributed by atoms with E-state index in [4.69, 9.17) is 4.74 Å². The van der Waals surface area contributed by atoms with Gasteiger partial charge in [0.15, 0.2) is 0 Å². The van der Waals surface area contributed by atoms with E-state index in [2.05, 4.69) is 5.32 Å². The Kier molecular flexibility index (Phi) is 4.90. The Morgan fingerprint density at radius 3 is 2.33 bits per heavy atom. The lowest BCUT2D eigenvalue weighted by Gasteiger charge is -2.26. The van der Waals surface area contributed by atoms with E-state index in [0.717, 1.165) is 13.0 Å². The highest BCUT2D eigenvalue weighted by Gasteiger charge is 2.31. The third kappa shape index (κ3) is 2.81. The van der Waals surface area contributed by atoms with Crippen LogP contribution in [0.4, 0.5) is 0 Å². The van der Waals surface area contributed by atoms with Gasteiger partial charge in [-0.15, -0.1) is 0 Å². The molecule has 72 valence electrons. The Balaban J connectivity index is 4.18. The lowest BCUT2D eigenvalue weighted by Crippen LogP contribution is -2.49. The molecule has 1 unspecified atom stereocenters. The summed E-state index contributed by atoms with van der Waals surface area (Å²) < 4.78 is 4.95. The fourth-order valence-electron chi connectivity index (χ4n) is 1.02. The van der Waals surface area contributed by atoms with E-state index in [1.807, 2.05) is 27.7 Å². The van der Waals surface area contributed by atoms with E-state index in [-0.39, 0.29) is 5.97 Å². The quantitative estimate of drug-likeness (QED) is 0.637. The molecule has 0 heterocycles. The third-order valence-corrected chi connectivity index (χ3v) is 2.00. The molecule has 0 fully saturated rings. The van der Waals surface area contributed by atoms with Gasteiger partial charge in [0.2, 0.25) is 0 Å². The molecule has 0 aliphatic carbocycles. The summed E-state index contributed by atoms with van der Waals surface area (Å²) in [4.78, 5) is 11.4. The molecule has 1 N–H and O–H groups in total. The number of ether oxygens (including phenoxy) is 1. The van der Waals surface area contributed by atoms with Crippen molar-refractivity contribution in [3.05, 3.63) is 0 Å². The number of hydrogen-bond acceptors (Lipinski definition) is 3. The van der Waals surface area contributed by atoms with Crippen molar-refractivity contribution < 1.29 is 9.53 Å². The van der Waals surface area contributed by atoms with Gasteiger partial charge in [0.1, 0.15) is 5.54 Å². The summed E-state index contributed by atoms with van der Waals surface area (Å²) in [6, 6.07) is 0. The highest BCUT2D eigenvalue weighted by molar-refractivity contribution is 5.80. The standard InChI is InChI=1S/C9H19NO2/c1-5-9(4,10-6-2)8(11)12-7-3/h10H,5-7H2,1-4H3. The number of nitrogens with one attached hydrogen (secondary N) is 1. The zero-order valence-corrected chi connectivity index (χ0v) is 8.44. The van der Waals surface area contributed by atoms with Crippen molar-refractivity contribution in [2.45, 2.75) is 39.7 Å². The number of carbonyl (C=O) groups excluding carboxylic acids is 1. The monoisotopic (exact) mass is 173 g/mol. The lowest BCUT2D eigenvalue weighted by atomic mass is 9.99. The van der Waals surface area contributed by atoms with Gasteiger partial charge in [0, 0.05) is 0 Å². The summed E-state index contributed by atoms with van der Waals surface area (Å²) in [7, 11) is 0. The molecule has 0 saturated heterocycles. The maximum Gasteiger partial charge on any atom is 0.326 e. The van der Waals surface area contributed by atoms with Gasteiger partial charge >= 0.3 is 5.97 Å². The van der Waals surface area contributed by atoms with Gasteiger partial charge < -0.3 is 10.1 Å². The van der Waals surface area contributed by atoms with Gasteiger partial charge in [-0.25, -0.2) is 0 Å². The summed E-state index contributed by atoms with van der Waals surface area (Å²) >= 11 is 0. The highest BCUT2D eigenvalue weighted by Crippen LogP contribution is 2.10. The third-order valence-electron chi connectivity index (χ3n) is 2.00. The van der Waals surface area contributed by atoms with Crippen LogP contribution in [-0.4, -0.2) is 24.7 Å². The average molecular weight is 173 g/mol. The van der Waals surface area contributed by atoms with Crippen LogP contribution < -0.4 is 5.32 Å². The van der Waals surface area contributed by atoms with Crippen molar-refractivity contribution in [3.63, 3.8) is 0 Å². The van der Waals surface area contributed by atoms with Crippen LogP contribution >= 0.6 is 0 Å². The Labute approximate surface area is 74.5 Å². The molecule has 0 spiro atoms. The molecular formula is C9H19NO2. The maximum atomic E-state index is 11.4. The van der Waals surface area contributed by atoms with Gasteiger partial charge in [-0.3, -0.25) is 4.79 Å². The minimum atomic E-state index is -0.509. The number of likely N-dealkylation sites (N-methyl/N-ethyl adjacent to an activating group) is 1. The largest absolute Gasteiger partial charge is 0.465 e. The number of esters is 1. The van der Waals surface area contributed by atoms with E-state index < -0.39 is 5.54 Å². The fourth-order valence-corrected chi connectivity index (χ4v) is 1.02.